The Morgan fingerprint density at radius 3 is 2.74 bits per heavy atom. The number of para-hydroxylation sites is 1. The number of nitrogens with one attached hydrogen (secondary N) is 1. The number of hydrogen-bond donors (Lipinski definition) is 2. The van der Waals surface area contributed by atoms with Crippen molar-refractivity contribution < 1.29 is 9.52 Å². The quantitative estimate of drug-likeness (QED) is 0.447. The van der Waals surface area contributed by atoms with E-state index in [1.807, 2.05) is 24.3 Å². The van der Waals surface area contributed by atoms with Gasteiger partial charge < -0.3 is 9.52 Å². The molecule has 112 valence electrons. The van der Waals surface area contributed by atoms with Gasteiger partial charge in [0.2, 0.25) is 0 Å². The average Bonchev–Trinajstić information content (AvgIpc) is 2.96. The molecule has 0 radical (unpaired) electrons. The molecule has 0 fully saturated rings. The van der Waals surface area contributed by atoms with Crippen LogP contribution in [0.5, 0.6) is 5.75 Å². The van der Waals surface area contributed by atoms with Crippen LogP contribution in [0.25, 0.3) is 22.1 Å². The zero-order valence-electron chi connectivity index (χ0n) is 12.0. The first-order chi connectivity index (χ1) is 11.3. The van der Waals surface area contributed by atoms with E-state index in [0.29, 0.717) is 11.4 Å². The van der Waals surface area contributed by atoms with Gasteiger partial charge in [-0.1, -0.05) is 12.1 Å². The standard InChI is InChI=1S/C17H12N4O2/c22-12-7-5-11(6-8-12)9-20-21-17-16-15(18-10-19-17)13-3-1-2-4-14(13)23-16/h1-10,22H,(H,18,19,21)/b20-9+. The summed E-state index contributed by atoms with van der Waals surface area (Å²) in [5.41, 5.74) is 5.80. The number of anilines is 1. The van der Waals surface area contributed by atoms with Gasteiger partial charge in [-0.3, -0.25) is 5.43 Å². The molecule has 6 heteroatoms. The summed E-state index contributed by atoms with van der Waals surface area (Å²) in [7, 11) is 0. The largest absolute Gasteiger partial charge is 0.508 e. The molecule has 2 aromatic heterocycles. The summed E-state index contributed by atoms with van der Waals surface area (Å²) in [6, 6.07) is 14.4. The summed E-state index contributed by atoms with van der Waals surface area (Å²) in [6.07, 6.45) is 3.11. The van der Waals surface area contributed by atoms with Gasteiger partial charge in [-0.25, -0.2) is 9.97 Å². The molecule has 0 bridgehead atoms. The molecule has 0 aliphatic rings. The lowest BCUT2D eigenvalue weighted by molar-refractivity contribution is 0.475. The van der Waals surface area contributed by atoms with Crippen molar-refractivity contribution >= 4 is 34.1 Å². The van der Waals surface area contributed by atoms with E-state index in [0.717, 1.165) is 22.0 Å². The number of hydrazone groups is 1. The number of aromatic hydroxyl groups is 1. The Kier molecular flexibility index (Phi) is 3.12. The van der Waals surface area contributed by atoms with Gasteiger partial charge in [-0.2, -0.15) is 5.10 Å². The monoisotopic (exact) mass is 304 g/mol. The summed E-state index contributed by atoms with van der Waals surface area (Å²) >= 11 is 0. The minimum atomic E-state index is 0.217. The molecular weight excluding hydrogens is 292 g/mol. The Bertz CT molecular complexity index is 1010. The number of hydrogen-bond acceptors (Lipinski definition) is 6. The molecule has 0 spiro atoms. The second-order valence-corrected chi connectivity index (χ2v) is 4.96. The zero-order valence-corrected chi connectivity index (χ0v) is 12.0. The number of aromatic nitrogens is 2. The smallest absolute Gasteiger partial charge is 0.197 e. The first kappa shape index (κ1) is 13.3. The van der Waals surface area contributed by atoms with Crippen LogP contribution in [0.15, 0.2) is 64.4 Å². The minimum Gasteiger partial charge on any atom is -0.508 e. The van der Waals surface area contributed by atoms with Crippen LogP contribution in [0, 0.1) is 0 Å². The van der Waals surface area contributed by atoms with Crippen LogP contribution in [-0.4, -0.2) is 21.3 Å². The highest BCUT2D eigenvalue weighted by molar-refractivity contribution is 6.05. The van der Waals surface area contributed by atoms with E-state index in [4.69, 9.17) is 4.42 Å². The molecule has 4 rings (SSSR count). The Morgan fingerprint density at radius 2 is 1.87 bits per heavy atom. The van der Waals surface area contributed by atoms with E-state index in [2.05, 4.69) is 20.5 Å². The third-order valence-electron chi connectivity index (χ3n) is 3.44. The van der Waals surface area contributed by atoms with E-state index < -0.39 is 0 Å². The molecule has 4 aromatic rings. The van der Waals surface area contributed by atoms with Gasteiger partial charge in [0.25, 0.3) is 0 Å². The Balaban J connectivity index is 1.67. The van der Waals surface area contributed by atoms with Crippen molar-refractivity contribution in [2.75, 3.05) is 5.43 Å². The summed E-state index contributed by atoms with van der Waals surface area (Å²) in [6.45, 7) is 0. The van der Waals surface area contributed by atoms with Gasteiger partial charge in [0.1, 0.15) is 23.2 Å². The second-order valence-electron chi connectivity index (χ2n) is 4.96. The molecule has 0 unspecified atom stereocenters. The predicted octanol–water partition coefficient (Wildman–Crippen LogP) is 3.53. The molecule has 0 aliphatic carbocycles. The lowest BCUT2D eigenvalue weighted by Gasteiger charge is -1.99. The van der Waals surface area contributed by atoms with E-state index in [-0.39, 0.29) is 5.75 Å². The number of phenolic OH excluding ortho intramolecular Hbond substituents is 1. The SMILES string of the molecule is Oc1ccc(/C=N/Nc2ncnc3c2oc2ccccc23)cc1. The number of phenols is 1. The Hall–Kier alpha value is -3.41. The third kappa shape index (κ3) is 2.46. The van der Waals surface area contributed by atoms with Crippen LogP contribution >= 0.6 is 0 Å². The maximum atomic E-state index is 9.26. The van der Waals surface area contributed by atoms with Gasteiger partial charge in [0.05, 0.1) is 6.21 Å². The van der Waals surface area contributed by atoms with E-state index >= 15 is 0 Å². The van der Waals surface area contributed by atoms with E-state index in [1.165, 1.54) is 6.33 Å². The molecule has 0 amide bonds. The highest BCUT2D eigenvalue weighted by atomic mass is 16.3. The van der Waals surface area contributed by atoms with Crippen molar-refractivity contribution in [1.29, 1.82) is 0 Å². The molecule has 6 nitrogen and oxygen atoms in total. The van der Waals surface area contributed by atoms with Crippen molar-refractivity contribution in [1.82, 2.24) is 9.97 Å². The molecule has 2 N–H and O–H groups in total. The van der Waals surface area contributed by atoms with Crippen LogP contribution in [0.4, 0.5) is 5.82 Å². The van der Waals surface area contributed by atoms with Crippen molar-refractivity contribution in [3.05, 3.63) is 60.4 Å². The second kappa shape index (κ2) is 5.42. The molecule has 0 saturated carbocycles. The van der Waals surface area contributed by atoms with Crippen molar-refractivity contribution in [2.24, 2.45) is 5.10 Å². The fourth-order valence-electron chi connectivity index (χ4n) is 2.33. The van der Waals surface area contributed by atoms with Crippen LogP contribution in [0.2, 0.25) is 0 Å². The Morgan fingerprint density at radius 1 is 1.04 bits per heavy atom. The van der Waals surface area contributed by atoms with Crippen LogP contribution in [-0.2, 0) is 0 Å². The summed E-state index contributed by atoms with van der Waals surface area (Å²) < 4.78 is 5.81. The van der Waals surface area contributed by atoms with Gasteiger partial charge in [-0.15, -0.1) is 0 Å². The number of benzene rings is 2. The zero-order chi connectivity index (χ0) is 15.6. The molecule has 2 heterocycles. The average molecular weight is 304 g/mol. The van der Waals surface area contributed by atoms with Gasteiger partial charge >= 0.3 is 0 Å². The van der Waals surface area contributed by atoms with Crippen molar-refractivity contribution in [3.8, 4) is 5.75 Å². The minimum absolute atomic E-state index is 0.217. The lowest BCUT2D eigenvalue weighted by atomic mass is 10.2. The number of fused-ring (bicyclic) bond motifs is 3. The fourth-order valence-corrected chi connectivity index (χ4v) is 2.33. The number of rotatable bonds is 3. The fraction of sp³-hybridized carbons (Fsp3) is 0. The summed E-state index contributed by atoms with van der Waals surface area (Å²) in [5.74, 6) is 0.719. The third-order valence-corrected chi connectivity index (χ3v) is 3.44. The van der Waals surface area contributed by atoms with Gasteiger partial charge in [-0.05, 0) is 42.0 Å². The van der Waals surface area contributed by atoms with Crippen LogP contribution in [0.1, 0.15) is 5.56 Å². The van der Waals surface area contributed by atoms with Crippen LogP contribution in [0.3, 0.4) is 0 Å². The lowest BCUT2D eigenvalue weighted by Crippen LogP contribution is -1.94. The highest BCUT2D eigenvalue weighted by Gasteiger charge is 2.11. The maximum absolute atomic E-state index is 9.26. The molecular formula is C17H12N4O2. The first-order valence-electron chi connectivity index (χ1n) is 7.01. The first-order valence-corrected chi connectivity index (χ1v) is 7.01. The summed E-state index contributed by atoms with van der Waals surface area (Å²) in [5, 5.41) is 14.4. The normalized spacial score (nSPS) is 11.5. The number of nitrogens with zero attached hydrogens (tertiary/aromatic N) is 3. The topological polar surface area (TPSA) is 83.5 Å². The molecule has 0 saturated heterocycles. The Labute approximate surface area is 131 Å². The van der Waals surface area contributed by atoms with E-state index in [1.54, 1.807) is 30.5 Å². The molecule has 23 heavy (non-hydrogen) atoms. The van der Waals surface area contributed by atoms with Crippen molar-refractivity contribution in [3.63, 3.8) is 0 Å². The molecule has 0 aliphatic heterocycles. The molecule has 2 aromatic carbocycles. The highest BCUT2D eigenvalue weighted by Crippen LogP contribution is 2.30. The summed E-state index contributed by atoms with van der Waals surface area (Å²) in [4.78, 5) is 8.46. The predicted molar refractivity (Wildman–Crippen MR) is 88.6 cm³/mol. The van der Waals surface area contributed by atoms with Crippen molar-refractivity contribution in [2.45, 2.75) is 0 Å². The number of furan rings is 1. The van der Waals surface area contributed by atoms with Gasteiger partial charge in [0, 0.05) is 5.39 Å². The van der Waals surface area contributed by atoms with Crippen LogP contribution < -0.4 is 5.43 Å². The van der Waals surface area contributed by atoms with E-state index in [9.17, 15) is 5.11 Å². The van der Waals surface area contributed by atoms with Gasteiger partial charge in [0.15, 0.2) is 11.4 Å². The maximum Gasteiger partial charge on any atom is 0.197 e. The molecule has 0 atom stereocenters.